The maximum atomic E-state index is 10.8. The molecule has 1 rings (SSSR count). The number of halogens is 1. The highest BCUT2D eigenvalue weighted by Crippen LogP contribution is 2.23. The van der Waals surface area contributed by atoms with Gasteiger partial charge in [0.1, 0.15) is 5.75 Å². The second kappa shape index (κ2) is 5.75. The van der Waals surface area contributed by atoms with Crippen LogP contribution in [0.2, 0.25) is 5.02 Å². The lowest BCUT2D eigenvalue weighted by Crippen LogP contribution is -2.14. The monoisotopic (exact) mass is 241 g/mol. The molecule has 0 radical (unpaired) electrons. The number of primary amides is 1. The Kier molecular flexibility index (Phi) is 4.62. The van der Waals surface area contributed by atoms with E-state index in [0.29, 0.717) is 23.3 Å². The molecule has 0 unspecified atom stereocenters. The third-order valence-electron chi connectivity index (χ3n) is 1.97. The first-order valence-corrected chi connectivity index (χ1v) is 5.56. The molecule has 1 aromatic carbocycles. The van der Waals surface area contributed by atoms with Gasteiger partial charge in [-0.1, -0.05) is 31.5 Å². The van der Waals surface area contributed by atoms with E-state index in [1.165, 1.54) is 0 Å². The Morgan fingerprint density at radius 2 is 2.19 bits per heavy atom. The van der Waals surface area contributed by atoms with Gasteiger partial charge in [0, 0.05) is 5.02 Å². The van der Waals surface area contributed by atoms with Gasteiger partial charge in [0.25, 0.3) is 0 Å². The third kappa shape index (κ3) is 4.11. The fourth-order valence-electron chi connectivity index (χ4n) is 1.21. The summed E-state index contributed by atoms with van der Waals surface area (Å²) in [6.07, 6.45) is 0.156. The van der Waals surface area contributed by atoms with Crippen molar-refractivity contribution in [3.05, 3.63) is 28.8 Å². The summed E-state index contributed by atoms with van der Waals surface area (Å²) in [5.74, 6) is 0.786. The van der Waals surface area contributed by atoms with E-state index in [9.17, 15) is 4.79 Å². The first-order chi connectivity index (χ1) is 7.49. The molecule has 0 saturated carbocycles. The summed E-state index contributed by atoms with van der Waals surface area (Å²) in [5, 5.41) is 0.514. The molecule has 3 nitrogen and oxygen atoms in total. The summed E-state index contributed by atoms with van der Waals surface area (Å²) in [7, 11) is 0. The van der Waals surface area contributed by atoms with Crippen molar-refractivity contribution >= 4 is 17.5 Å². The number of hydrogen-bond acceptors (Lipinski definition) is 2. The molecule has 0 saturated heterocycles. The van der Waals surface area contributed by atoms with Gasteiger partial charge in [0.05, 0.1) is 13.0 Å². The second-order valence-electron chi connectivity index (χ2n) is 4.10. The van der Waals surface area contributed by atoms with E-state index in [2.05, 4.69) is 13.8 Å². The van der Waals surface area contributed by atoms with Crippen LogP contribution < -0.4 is 10.5 Å². The minimum absolute atomic E-state index is 0.156. The lowest BCUT2D eigenvalue weighted by atomic mass is 10.1. The molecule has 0 aromatic heterocycles. The molecule has 0 aliphatic carbocycles. The van der Waals surface area contributed by atoms with Gasteiger partial charge in [-0.3, -0.25) is 4.79 Å². The largest absolute Gasteiger partial charge is 0.493 e. The van der Waals surface area contributed by atoms with Gasteiger partial charge in [0.2, 0.25) is 5.91 Å². The van der Waals surface area contributed by atoms with Gasteiger partial charge in [-0.15, -0.1) is 0 Å². The summed E-state index contributed by atoms with van der Waals surface area (Å²) in [5.41, 5.74) is 5.83. The lowest BCUT2D eigenvalue weighted by molar-refractivity contribution is -0.117. The first-order valence-electron chi connectivity index (χ1n) is 5.18. The van der Waals surface area contributed by atoms with Crippen LogP contribution in [0.15, 0.2) is 18.2 Å². The molecule has 0 spiro atoms. The number of benzene rings is 1. The molecule has 16 heavy (non-hydrogen) atoms. The number of ether oxygens (including phenoxy) is 1. The molecule has 0 atom stereocenters. The molecule has 0 aliphatic heterocycles. The Bertz CT molecular complexity index is 377. The van der Waals surface area contributed by atoms with Crippen LogP contribution in [-0.2, 0) is 11.2 Å². The van der Waals surface area contributed by atoms with E-state index in [1.54, 1.807) is 18.2 Å². The molecule has 4 heteroatoms. The van der Waals surface area contributed by atoms with E-state index >= 15 is 0 Å². The number of nitrogens with two attached hydrogens (primary N) is 1. The molecule has 1 aromatic rings. The average molecular weight is 242 g/mol. The molecule has 0 fully saturated rings. The van der Waals surface area contributed by atoms with Gasteiger partial charge < -0.3 is 10.5 Å². The van der Waals surface area contributed by atoms with Crippen LogP contribution in [0.25, 0.3) is 0 Å². The van der Waals surface area contributed by atoms with Gasteiger partial charge in [-0.2, -0.15) is 0 Å². The third-order valence-corrected chi connectivity index (χ3v) is 2.32. The van der Waals surface area contributed by atoms with Crippen molar-refractivity contribution in [2.75, 3.05) is 6.61 Å². The lowest BCUT2D eigenvalue weighted by Gasteiger charge is -2.10. The van der Waals surface area contributed by atoms with Crippen LogP contribution >= 0.6 is 11.6 Å². The van der Waals surface area contributed by atoms with Gasteiger partial charge in [-0.05, 0) is 23.6 Å². The van der Waals surface area contributed by atoms with E-state index in [4.69, 9.17) is 22.1 Å². The molecular formula is C12H16ClNO2. The maximum Gasteiger partial charge on any atom is 0.221 e. The SMILES string of the molecule is CC(C)COc1ccc(CC(N)=O)c(Cl)c1. The molecule has 2 N–H and O–H groups in total. The Morgan fingerprint density at radius 1 is 1.50 bits per heavy atom. The number of carbonyl (C=O) groups excluding carboxylic acids is 1. The smallest absolute Gasteiger partial charge is 0.221 e. The molecule has 0 heterocycles. The van der Waals surface area contributed by atoms with Crippen LogP contribution in [0.1, 0.15) is 19.4 Å². The Labute approximate surface area is 101 Å². The summed E-state index contributed by atoms with van der Waals surface area (Å²) in [6.45, 7) is 4.79. The van der Waals surface area contributed by atoms with Gasteiger partial charge in [-0.25, -0.2) is 0 Å². The zero-order chi connectivity index (χ0) is 12.1. The van der Waals surface area contributed by atoms with Gasteiger partial charge in [0.15, 0.2) is 0 Å². The van der Waals surface area contributed by atoms with Crippen molar-refractivity contribution in [2.45, 2.75) is 20.3 Å². The van der Waals surface area contributed by atoms with Crippen LogP contribution in [0.3, 0.4) is 0 Å². The fourth-order valence-corrected chi connectivity index (χ4v) is 1.45. The highest BCUT2D eigenvalue weighted by Gasteiger charge is 2.06. The molecule has 88 valence electrons. The summed E-state index contributed by atoms with van der Waals surface area (Å²) in [6, 6.07) is 5.28. The minimum Gasteiger partial charge on any atom is -0.493 e. The van der Waals surface area contributed by atoms with Crippen molar-refractivity contribution in [2.24, 2.45) is 11.7 Å². The highest BCUT2D eigenvalue weighted by atomic mass is 35.5. The molecular weight excluding hydrogens is 226 g/mol. The Hall–Kier alpha value is -1.22. The maximum absolute atomic E-state index is 10.8. The minimum atomic E-state index is -0.391. The van der Waals surface area contributed by atoms with Gasteiger partial charge >= 0.3 is 0 Å². The average Bonchev–Trinajstić information content (AvgIpc) is 2.18. The second-order valence-corrected chi connectivity index (χ2v) is 4.51. The zero-order valence-corrected chi connectivity index (χ0v) is 10.3. The summed E-state index contributed by atoms with van der Waals surface area (Å²) in [4.78, 5) is 10.8. The Balaban J connectivity index is 2.70. The molecule has 0 aliphatic rings. The predicted molar refractivity (Wildman–Crippen MR) is 64.7 cm³/mol. The van der Waals surface area contributed by atoms with E-state index in [1.807, 2.05) is 0 Å². The quantitative estimate of drug-likeness (QED) is 0.861. The first kappa shape index (κ1) is 12.8. The summed E-state index contributed by atoms with van der Waals surface area (Å²) < 4.78 is 5.51. The van der Waals surface area contributed by atoms with Crippen LogP contribution in [-0.4, -0.2) is 12.5 Å². The fraction of sp³-hybridized carbons (Fsp3) is 0.417. The zero-order valence-electron chi connectivity index (χ0n) is 9.50. The van der Waals surface area contributed by atoms with Crippen LogP contribution in [0.5, 0.6) is 5.75 Å². The van der Waals surface area contributed by atoms with Crippen molar-refractivity contribution in [3.8, 4) is 5.75 Å². The number of hydrogen-bond donors (Lipinski definition) is 1. The standard InChI is InChI=1S/C12H16ClNO2/c1-8(2)7-16-10-4-3-9(5-12(14)15)11(13)6-10/h3-4,6,8H,5,7H2,1-2H3,(H2,14,15). The Morgan fingerprint density at radius 3 is 2.69 bits per heavy atom. The van der Waals surface area contributed by atoms with E-state index in [0.717, 1.165) is 5.56 Å². The molecule has 1 amide bonds. The molecule has 0 bridgehead atoms. The van der Waals surface area contributed by atoms with E-state index in [-0.39, 0.29) is 6.42 Å². The highest BCUT2D eigenvalue weighted by molar-refractivity contribution is 6.31. The van der Waals surface area contributed by atoms with Crippen LogP contribution in [0.4, 0.5) is 0 Å². The van der Waals surface area contributed by atoms with Crippen molar-refractivity contribution in [1.29, 1.82) is 0 Å². The summed E-state index contributed by atoms with van der Waals surface area (Å²) >= 11 is 6.00. The number of amides is 1. The topological polar surface area (TPSA) is 52.3 Å². The number of carbonyl (C=O) groups is 1. The normalized spacial score (nSPS) is 10.5. The van der Waals surface area contributed by atoms with Crippen molar-refractivity contribution in [3.63, 3.8) is 0 Å². The van der Waals surface area contributed by atoms with Crippen LogP contribution in [0, 0.1) is 5.92 Å². The number of rotatable bonds is 5. The van der Waals surface area contributed by atoms with Crippen molar-refractivity contribution < 1.29 is 9.53 Å². The van der Waals surface area contributed by atoms with Crippen molar-refractivity contribution in [1.82, 2.24) is 0 Å². The van der Waals surface area contributed by atoms with E-state index < -0.39 is 5.91 Å². The predicted octanol–water partition coefficient (Wildman–Crippen LogP) is 2.40.